The Morgan fingerprint density at radius 2 is 2.08 bits per heavy atom. The van der Waals surface area contributed by atoms with Gasteiger partial charge in [0.05, 0.1) is 0 Å². The van der Waals surface area contributed by atoms with E-state index in [2.05, 4.69) is 30.1 Å². The topological polar surface area (TPSA) is 14.1 Å². The maximum Gasteiger partial charge on any atom is 0 e. The molecule has 0 atom stereocenters. The number of aryl methyl sites for hydroxylation is 1. The molecule has 12 heavy (non-hydrogen) atoms. The molecule has 1 aromatic carbocycles. The molecular formula is C10H10NRf-. The second kappa shape index (κ2) is 2.79. The number of hydrogen-bond acceptors (Lipinski definition) is 0. The van der Waals surface area contributed by atoms with Crippen molar-refractivity contribution in [1.29, 1.82) is 0 Å². The Balaban J connectivity index is 0.000000720. The van der Waals surface area contributed by atoms with Gasteiger partial charge in [0.1, 0.15) is 0 Å². The Morgan fingerprint density at radius 3 is 2.83 bits per heavy atom. The Bertz CT molecular complexity index is 365. The van der Waals surface area contributed by atoms with Crippen LogP contribution in [0.15, 0.2) is 30.5 Å². The van der Waals surface area contributed by atoms with Crippen molar-refractivity contribution in [3.8, 4) is 0 Å². The molecule has 2 aromatic rings. The summed E-state index contributed by atoms with van der Waals surface area (Å²) in [5, 5.41) is 1.24. The van der Waals surface area contributed by atoms with E-state index in [1.807, 2.05) is 12.3 Å². The van der Waals surface area contributed by atoms with Gasteiger partial charge in [-0.05, 0) is 17.4 Å². The maximum absolute atomic E-state index is 4.23. The average Bonchev–Trinajstić information content (AvgIpc) is 2.50. The predicted molar refractivity (Wildman–Crippen MR) is 46.6 cm³/mol. The minimum absolute atomic E-state index is 0. The third kappa shape index (κ3) is 1.01. The number of benzene rings is 1. The van der Waals surface area contributed by atoms with E-state index in [1.54, 1.807) is 0 Å². The van der Waals surface area contributed by atoms with Gasteiger partial charge < -0.3 is 4.98 Å². The zero-order valence-electron chi connectivity index (χ0n) is 7.25. The molecule has 0 saturated heterocycles. The van der Waals surface area contributed by atoms with E-state index in [1.165, 1.54) is 10.9 Å². The largest absolute Gasteiger partial charge is 0.664 e. The zero-order valence-corrected chi connectivity index (χ0v) is 13.6. The second-order valence-corrected chi connectivity index (χ2v) is 2.69. The van der Waals surface area contributed by atoms with Crippen LogP contribution in [0.5, 0.6) is 0 Å². The average molecular weight is 411 g/mol. The van der Waals surface area contributed by atoms with Crippen molar-refractivity contribution < 1.29 is 0 Å². The van der Waals surface area contributed by atoms with Gasteiger partial charge >= 0.3 is 0 Å². The molecule has 1 aromatic heterocycles. The minimum atomic E-state index is 0. The van der Waals surface area contributed by atoms with E-state index >= 15 is 0 Å². The number of aromatic nitrogens is 1. The van der Waals surface area contributed by atoms with E-state index in [-0.39, 0.29) is 0 Å². The van der Waals surface area contributed by atoms with Crippen molar-refractivity contribution >= 4 is 10.9 Å². The van der Waals surface area contributed by atoms with Crippen LogP contribution in [0.4, 0.5) is 0 Å². The summed E-state index contributed by atoms with van der Waals surface area (Å²) >= 11 is 0. The fraction of sp³-hybridized carbons (Fsp3) is 0.200. The summed E-state index contributed by atoms with van der Waals surface area (Å²) in [6.07, 6.45) is 2.94. The van der Waals surface area contributed by atoms with Gasteiger partial charge in [0.2, 0.25) is 0 Å². The van der Waals surface area contributed by atoms with Crippen molar-refractivity contribution in [3.63, 3.8) is 0 Å². The summed E-state index contributed by atoms with van der Waals surface area (Å²) in [4.78, 5) is 4.23. The second-order valence-electron chi connectivity index (χ2n) is 2.69. The fourth-order valence-corrected chi connectivity index (χ4v) is 1.26. The maximum atomic E-state index is 4.23. The van der Waals surface area contributed by atoms with Crippen molar-refractivity contribution in [2.24, 2.45) is 0 Å². The molecule has 0 fully saturated rings. The van der Waals surface area contributed by atoms with E-state index in [0.29, 0.717) is 0 Å². The Morgan fingerprint density at radius 1 is 1.25 bits per heavy atom. The van der Waals surface area contributed by atoms with Gasteiger partial charge in [0.15, 0.2) is 0 Å². The smallest absolute Gasteiger partial charge is 0 e. The Kier molecular flexibility index (Phi) is 1.83. The first-order valence-corrected chi connectivity index (χ1v) is 3.90. The number of nitrogens with zero attached hydrogens (tertiary/aromatic N) is 1. The third-order valence-electron chi connectivity index (χ3n) is 1.97. The first-order chi connectivity index (χ1) is 5.40. The molecule has 0 saturated carbocycles. The monoisotopic (exact) mass is 411 g/mol. The van der Waals surface area contributed by atoms with Crippen LogP contribution >= 0.6 is 0 Å². The Labute approximate surface area is 66.1 Å². The van der Waals surface area contributed by atoms with Gasteiger partial charge in [-0.25, -0.2) is 0 Å². The molecule has 0 aliphatic carbocycles. The summed E-state index contributed by atoms with van der Waals surface area (Å²) in [6, 6.07) is 8.47. The number of hydrogen-bond donors (Lipinski definition) is 0. The van der Waals surface area contributed by atoms with Crippen LogP contribution in [0, 0.1) is 0 Å². The molecule has 1 nitrogen and oxygen atoms in total. The quantitative estimate of drug-likeness (QED) is 0.703. The van der Waals surface area contributed by atoms with E-state index < -0.39 is 0 Å². The number of fused-ring (bicyclic) bond motifs is 1. The summed E-state index contributed by atoms with van der Waals surface area (Å²) < 4.78 is 0. The molecule has 0 bridgehead atoms. The normalized spacial score (nSPS) is 9.75. The molecule has 2 heteroatoms. The summed E-state index contributed by atoms with van der Waals surface area (Å²) in [5.74, 6) is 0. The van der Waals surface area contributed by atoms with E-state index in [9.17, 15) is 0 Å². The van der Waals surface area contributed by atoms with Crippen molar-refractivity contribution in [3.05, 3.63) is 36.0 Å². The molecule has 1 heterocycles. The van der Waals surface area contributed by atoms with E-state index in [4.69, 9.17) is 0 Å². The molecular weight excluding hydrogens is 401 g/mol. The standard InChI is InChI=1S/C10H10N.Rf/c1-2-8-3-4-9-5-6-11-10(9)7-8;/h3-7H,2H2,1H3;/q-1;. The zero-order chi connectivity index (χ0) is 7.68. The van der Waals surface area contributed by atoms with Gasteiger partial charge in [-0.3, -0.25) is 0 Å². The van der Waals surface area contributed by atoms with Crippen LogP contribution in [-0.2, 0) is 6.42 Å². The van der Waals surface area contributed by atoms with Gasteiger partial charge in [-0.2, -0.15) is 6.20 Å². The first kappa shape index (κ1) is 7.86. The SMILES string of the molecule is CCc1ccc2cc[n-]c2c1.[Rf]. The van der Waals surface area contributed by atoms with Gasteiger partial charge in [0.25, 0.3) is 0 Å². The van der Waals surface area contributed by atoms with Crippen molar-refractivity contribution in [1.82, 2.24) is 4.98 Å². The molecule has 0 amide bonds. The predicted octanol–water partition coefficient (Wildman–Crippen LogP) is 2.36. The Hall–Kier alpha value is -2.24. The molecule has 0 aliphatic heterocycles. The van der Waals surface area contributed by atoms with Crippen LogP contribution in [0.1, 0.15) is 12.5 Å². The molecule has 2 rings (SSSR count). The first-order valence-electron chi connectivity index (χ1n) is 3.90. The molecule has 0 radical (unpaired) electrons. The van der Waals surface area contributed by atoms with Gasteiger partial charge in [-0.1, -0.05) is 31.2 Å². The van der Waals surface area contributed by atoms with Crippen LogP contribution < -0.4 is 4.98 Å². The molecule has 0 unspecified atom stereocenters. The van der Waals surface area contributed by atoms with Crippen LogP contribution in [0.3, 0.4) is 0 Å². The summed E-state index contributed by atoms with van der Waals surface area (Å²) in [6.45, 7) is 2.16. The molecule has 0 N–H and O–H groups in total. The van der Waals surface area contributed by atoms with Crippen LogP contribution in [-0.4, -0.2) is 0 Å². The van der Waals surface area contributed by atoms with Gasteiger partial charge in [0, 0.05) is 0 Å². The minimum Gasteiger partial charge on any atom is -0.664 e. The van der Waals surface area contributed by atoms with Crippen LogP contribution in [0.25, 0.3) is 10.9 Å². The van der Waals surface area contributed by atoms with Gasteiger partial charge in [-0.15, -0.1) is 5.52 Å². The summed E-state index contributed by atoms with van der Waals surface area (Å²) in [7, 11) is 0. The molecule has 0 spiro atoms. The number of rotatable bonds is 1. The fourth-order valence-electron chi connectivity index (χ4n) is 1.26. The van der Waals surface area contributed by atoms with Crippen molar-refractivity contribution in [2.75, 3.05) is 0 Å². The summed E-state index contributed by atoms with van der Waals surface area (Å²) in [5.41, 5.74) is 2.47. The van der Waals surface area contributed by atoms with Crippen molar-refractivity contribution in [2.45, 2.75) is 13.3 Å². The molecule has 58 valence electrons. The van der Waals surface area contributed by atoms with E-state index in [0.717, 1.165) is 11.9 Å². The van der Waals surface area contributed by atoms with Crippen LogP contribution in [0.2, 0.25) is 0 Å². The molecule has 0 aliphatic rings. The third-order valence-corrected chi connectivity index (χ3v) is 1.97.